The summed E-state index contributed by atoms with van der Waals surface area (Å²) < 4.78 is 3.84. The van der Waals surface area contributed by atoms with Gasteiger partial charge in [-0.05, 0) is 20.3 Å². The summed E-state index contributed by atoms with van der Waals surface area (Å²) in [4.78, 5) is 0. The predicted octanol–water partition coefficient (Wildman–Crippen LogP) is 2.51. The predicted molar refractivity (Wildman–Crippen MR) is 72.5 cm³/mol. The van der Waals surface area contributed by atoms with Crippen LogP contribution in [-0.2, 0) is 13.6 Å². The third-order valence-corrected chi connectivity index (χ3v) is 3.23. The largest absolute Gasteiger partial charge is 0.364 e. The van der Waals surface area contributed by atoms with Crippen LogP contribution in [-0.4, -0.2) is 19.6 Å². The summed E-state index contributed by atoms with van der Waals surface area (Å²) in [6, 6.07) is 2.46. The van der Waals surface area contributed by atoms with E-state index in [0.29, 0.717) is 6.04 Å². The highest BCUT2D eigenvalue weighted by Crippen LogP contribution is 2.13. The first-order valence-electron chi connectivity index (χ1n) is 6.38. The summed E-state index contributed by atoms with van der Waals surface area (Å²) >= 11 is 0. The van der Waals surface area contributed by atoms with E-state index in [1.54, 1.807) is 0 Å². The van der Waals surface area contributed by atoms with Crippen molar-refractivity contribution in [2.24, 2.45) is 7.05 Å². The first kappa shape index (κ1) is 12.7. The molecule has 2 heterocycles. The van der Waals surface area contributed by atoms with E-state index in [0.717, 1.165) is 24.5 Å². The zero-order valence-electron chi connectivity index (χ0n) is 11.5. The second kappa shape index (κ2) is 5.25. The third kappa shape index (κ3) is 2.72. The highest BCUT2D eigenvalue weighted by molar-refractivity contribution is 5.34. The number of aryl methyl sites for hydroxylation is 2. The Morgan fingerprint density at radius 2 is 2.17 bits per heavy atom. The maximum atomic E-state index is 4.51. The van der Waals surface area contributed by atoms with E-state index < -0.39 is 0 Å². The lowest BCUT2D eigenvalue weighted by atomic mass is 10.2. The van der Waals surface area contributed by atoms with Crippen LogP contribution in [0.5, 0.6) is 0 Å². The molecule has 2 aromatic heterocycles. The molecule has 98 valence electrons. The van der Waals surface area contributed by atoms with Gasteiger partial charge in [0, 0.05) is 43.7 Å². The molecule has 0 aliphatic carbocycles. The molecule has 0 aliphatic heterocycles. The van der Waals surface area contributed by atoms with Gasteiger partial charge >= 0.3 is 0 Å². The van der Waals surface area contributed by atoms with Crippen LogP contribution in [0.3, 0.4) is 0 Å². The summed E-state index contributed by atoms with van der Waals surface area (Å²) in [5.74, 6) is 0.915. The average molecular weight is 247 g/mol. The number of hydrogen-bond acceptors (Lipinski definition) is 3. The highest BCUT2D eigenvalue weighted by atomic mass is 15.3. The highest BCUT2D eigenvalue weighted by Gasteiger charge is 2.06. The molecule has 1 N–H and O–H groups in total. The van der Waals surface area contributed by atoms with Gasteiger partial charge in [-0.1, -0.05) is 6.92 Å². The van der Waals surface area contributed by atoms with Crippen molar-refractivity contribution < 1.29 is 0 Å². The maximum absolute atomic E-state index is 4.51. The van der Waals surface area contributed by atoms with Gasteiger partial charge < -0.3 is 5.32 Å². The minimum atomic E-state index is 0.445. The summed E-state index contributed by atoms with van der Waals surface area (Å²) in [7, 11) is 1.94. The van der Waals surface area contributed by atoms with Crippen molar-refractivity contribution in [2.75, 3.05) is 5.32 Å². The van der Waals surface area contributed by atoms with Gasteiger partial charge in [-0.2, -0.15) is 10.2 Å². The summed E-state index contributed by atoms with van der Waals surface area (Å²) in [6.45, 7) is 7.12. The van der Waals surface area contributed by atoms with Crippen LogP contribution in [0, 0.1) is 6.92 Å². The molecule has 0 saturated heterocycles. The lowest BCUT2D eigenvalue weighted by Gasteiger charge is -2.08. The van der Waals surface area contributed by atoms with Gasteiger partial charge in [0.15, 0.2) is 0 Å². The van der Waals surface area contributed by atoms with Crippen LogP contribution in [0.25, 0.3) is 0 Å². The van der Waals surface area contributed by atoms with Crippen molar-refractivity contribution in [1.29, 1.82) is 0 Å². The lowest BCUT2D eigenvalue weighted by Crippen LogP contribution is -2.06. The molecule has 1 atom stereocenters. The molecular weight excluding hydrogens is 226 g/mol. The molecule has 0 aliphatic rings. The van der Waals surface area contributed by atoms with E-state index >= 15 is 0 Å². The molecule has 0 saturated carbocycles. The van der Waals surface area contributed by atoms with Crippen LogP contribution in [0.15, 0.2) is 18.5 Å². The summed E-state index contributed by atoms with van der Waals surface area (Å²) in [6.07, 6.45) is 5.14. The van der Waals surface area contributed by atoms with Crippen molar-refractivity contribution in [3.05, 3.63) is 29.7 Å². The van der Waals surface area contributed by atoms with E-state index in [-0.39, 0.29) is 0 Å². The smallest absolute Gasteiger partial charge is 0.148 e. The molecule has 0 aromatic carbocycles. The molecule has 5 nitrogen and oxygen atoms in total. The van der Waals surface area contributed by atoms with Gasteiger partial charge in [0.05, 0.1) is 5.69 Å². The fourth-order valence-corrected chi connectivity index (χ4v) is 1.87. The number of nitrogens with one attached hydrogen (secondary N) is 1. The van der Waals surface area contributed by atoms with Gasteiger partial charge in [-0.3, -0.25) is 9.36 Å². The molecule has 0 amide bonds. The Kier molecular flexibility index (Phi) is 3.69. The first-order chi connectivity index (χ1) is 8.60. The maximum Gasteiger partial charge on any atom is 0.148 e. The Hall–Kier alpha value is -1.78. The minimum Gasteiger partial charge on any atom is -0.364 e. The van der Waals surface area contributed by atoms with E-state index in [9.17, 15) is 0 Å². The zero-order chi connectivity index (χ0) is 13.1. The topological polar surface area (TPSA) is 47.7 Å². The fourth-order valence-electron chi connectivity index (χ4n) is 1.87. The summed E-state index contributed by atoms with van der Waals surface area (Å²) in [5.41, 5.74) is 2.27. The number of aromatic nitrogens is 4. The van der Waals surface area contributed by atoms with Gasteiger partial charge in [-0.25, -0.2) is 0 Å². The molecule has 5 heteroatoms. The van der Waals surface area contributed by atoms with Crippen LogP contribution in [0.4, 0.5) is 5.82 Å². The quantitative estimate of drug-likeness (QED) is 0.883. The van der Waals surface area contributed by atoms with E-state index in [1.165, 1.54) is 5.56 Å². The molecular formula is C13H21N5. The van der Waals surface area contributed by atoms with E-state index in [2.05, 4.69) is 29.4 Å². The van der Waals surface area contributed by atoms with Crippen LogP contribution < -0.4 is 5.32 Å². The molecule has 2 aromatic rings. The average Bonchev–Trinajstić information content (AvgIpc) is 2.92. The summed E-state index contributed by atoms with van der Waals surface area (Å²) in [5, 5.41) is 12.2. The van der Waals surface area contributed by atoms with Crippen molar-refractivity contribution in [2.45, 2.75) is 39.8 Å². The third-order valence-electron chi connectivity index (χ3n) is 3.23. The zero-order valence-corrected chi connectivity index (χ0v) is 11.5. The molecule has 0 spiro atoms. The fraction of sp³-hybridized carbons (Fsp3) is 0.538. The number of hydrogen-bond donors (Lipinski definition) is 1. The molecule has 0 fully saturated rings. The SMILES string of the molecule is CCC(C)n1ccc(NCc2cn(C)nc2C)n1. The second-order valence-corrected chi connectivity index (χ2v) is 4.71. The Morgan fingerprint density at radius 1 is 1.39 bits per heavy atom. The van der Waals surface area contributed by atoms with Crippen molar-refractivity contribution in [3.63, 3.8) is 0 Å². The molecule has 18 heavy (non-hydrogen) atoms. The molecule has 0 radical (unpaired) electrons. The van der Waals surface area contributed by atoms with E-state index in [4.69, 9.17) is 0 Å². The van der Waals surface area contributed by atoms with Crippen LogP contribution >= 0.6 is 0 Å². The number of anilines is 1. The second-order valence-electron chi connectivity index (χ2n) is 4.71. The van der Waals surface area contributed by atoms with Gasteiger partial charge in [0.1, 0.15) is 5.82 Å². The number of nitrogens with zero attached hydrogens (tertiary/aromatic N) is 4. The molecule has 2 rings (SSSR count). The van der Waals surface area contributed by atoms with E-state index in [1.807, 2.05) is 41.8 Å². The normalized spacial score (nSPS) is 12.7. The van der Waals surface area contributed by atoms with Gasteiger partial charge in [0.2, 0.25) is 0 Å². The molecule has 0 bridgehead atoms. The van der Waals surface area contributed by atoms with Gasteiger partial charge in [0.25, 0.3) is 0 Å². The van der Waals surface area contributed by atoms with Gasteiger partial charge in [-0.15, -0.1) is 0 Å². The van der Waals surface area contributed by atoms with Crippen LogP contribution in [0.2, 0.25) is 0 Å². The number of rotatable bonds is 5. The minimum absolute atomic E-state index is 0.445. The van der Waals surface area contributed by atoms with Crippen LogP contribution in [0.1, 0.15) is 37.6 Å². The lowest BCUT2D eigenvalue weighted by molar-refractivity contribution is 0.479. The Labute approximate surface area is 108 Å². The molecule has 1 unspecified atom stereocenters. The Morgan fingerprint density at radius 3 is 2.78 bits per heavy atom. The first-order valence-corrected chi connectivity index (χ1v) is 6.38. The van der Waals surface area contributed by atoms with Crippen molar-refractivity contribution in [1.82, 2.24) is 19.6 Å². The monoisotopic (exact) mass is 247 g/mol. The van der Waals surface area contributed by atoms with Crippen molar-refractivity contribution >= 4 is 5.82 Å². The standard InChI is InChI=1S/C13H21N5/c1-5-10(2)18-7-6-13(16-18)14-8-12-9-17(4)15-11(12)3/h6-7,9-10H,5,8H2,1-4H3,(H,14,16). The van der Waals surface area contributed by atoms with Crippen molar-refractivity contribution in [3.8, 4) is 0 Å². The Balaban J connectivity index is 1.98. The Bertz CT molecular complexity index is 511.